The second kappa shape index (κ2) is 3.58. The Labute approximate surface area is 97.6 Å². The number of hydrogen-bond donors (Lipinski definition) is 1. The topological polar surface area (TPSA) is 74.5 Å². The highest BCUT2D eigenvalue weighted by Gasteiger charge is 2.09. The Kier molecular flexibility index (Phi) is 2.07. The molecule has 2 heterocycles. The van der Waals surface area contributed by atoms with Gasteiger partial charge < -0.3 is 5.73 Å². The number of nitrogen functional groups attached to an aromatic ring is 1. The van der Waals surface area contributed by atoms with Gasteiger partial charge in [0.15, 0.2) is 5.82 Å². The monoisotopic (exact) mass is 228 g/mol. The number of rotatable bonds is 2. The van der Waals surface area contributed by atoms with Crippen LogP contribution in [-0.2, 0) is 6.54 Å². The molecule has 0 radical (unpaired) electrons. The lowest BCUT2D eigenvalue weighted by Gasteiger charge is -2.04. The standard InChI is InChI=1S/C11H12N6/c1-2-16-11(7-13-15-16)17-10-5-9(12)4-3-8(10)6-14-17/h3-7H,2,12H2,1H3. The van der Waals surface area contributed by atoms with Gasteiger partial charge in [-0.15, -0.1) is 5.10 Å². The van der Waals surface area contributed by atoms with Crippen molar-refractivity contribution < 1.29 is 0 Å². The van der Waals surface area contributed by atoms with Gasteiger partial charge in [0.05, 0.1) is 17.9 Å². The largest absolute Gasteiger partial charge is 0.399 e. The molecule has 6 heteroatoms. The molecule has 2 N–H and O–H groups in total. The highest BCUT2D eigenvalue weighted by atomic mass is 15.5. The Bertz CT molecular complexity index is 665. The molecule has 3 rings (SSSR count). The summed E-state index contributed by atoms with van der Waals surface area (Å²) in [5.74, 6) is 0.841. The molecule has 0 aliphatic heterocycles. The summed E-state index contributed by atoms with van der Waals surface area (Å²) in [7, 11) is 0. The fourth-order valence-electron chi connectivity index (χ4n) is 1.86. The molecule has 1 aromatic carbocycles. The molecule has 0 saturated heterocycles. The molecule has 0 saturated carbocycles. The van der Waals surface area contributed by atoms with E-state index >= 15 is 0 Å². The highest BCUT2D eigenvalue weighted by molar-refractivity contribution is 5.83. The molecule has 0 spiro atoms. The zero-order valence-electron chi connectivity index (χ0n) is 9.41. The van der Waals surface area contributed by atoms with Crippen LogP contribution < -0.4 is 5.73 Å². The molecule has 17 heavy (non-hydrogen) atoms. The number of aryl methyl sites for hydroxylation is 1. The summed E-state index contributed by atoms with van der Waals surface area (Å²) in [4.78, 5) is 0. The van der Waals surface area contributed by atoms with Crippen molar-refractivity contribution in [1.29, 1.82) is 0 Å². The van der Waals surface area contributed by atoms with Gasteiger partial charge in [0.1, 0.15) is 0 Å². The first-order valence-corrected chi connectivity index (χ1v) is 5.41. The number of hydrogen-bond acceptors (Lipinski definition) is 4. The summed E-state index contributed by atoms with van der Waals surface area (Å²) in [6.07, 6.45) is 3.50. The minimum absolute atomic E-state index is 0.717. The lowest BCUT2D eigenvalue weighted by molar-refractivity contribution is 0.603. The maximum absolute atomic E-state index is 5.80. The maximum Gasteiger partial charge on any atom is 0.172 e. The summed E-state index contributed by atoms with van der Waals surface area (Å²) in [6.45, 7) is 2.76. The van der Waals surface area contributed by atoms with E-state index in [1.165, 1.54) is 0 Å². The van der Waals surface area contributed by atoms with Crippen LogP contribution in [0, 0.1) is 0 Å². The number of fused-ring (bicyclic) bond motifs is 1. The van der Waals surface area contributed by atoms with Crippen LogP contribution in [0.4, 0.5) is 5.69 Å². The molecule has 6 nitrogen and oxygen atoms in total. The average molecular weight is 228 g/mol. The van der Waals surface area contributed by atoms with Gasteiger partial charge in [-0.3, -0.25) is 0 Å². The van der Waals surface area contributed by atoms with Crippen molar-refractivity contribution in [3.63, 3.8) is 0 Å². The molecule has 0 aliphatic rings. The molecule has 0 aliphatic carbocycles. The van der Waals surface area contributed by atoms with Gasteiger partial charge >= 0.3 is 0 Å². The van der Waals surface area contributed by atoms with Gasteiger partial charge in [-0.1, -0.05) is 5.21 Å². The van der Waals surface area contributed by atoms with Crippen LogP contribution in [0.25, 0.3) is 16.7 Å². The molecule has 0 atom stereocenters. The Morgan fingerprint density at radius 1 is 1.29 bits per heavy atom. The Morgan fingerprint density at radius 3 is 3.00 bits per heavy atom. The van der Waals surface area contributed by atoms with Crippen molar-refractivity contribution in [3.8, 4) is 5.82 Å². The Balaban J connectivity index is 2.27. The van der Waals surface area contributed by atoms with Crippen molar-refractivity contribution in [2.24, 2.45) is 0 Å². The van der Waals surface area contributed by atoms with Gasteiger partial charge in [0, 0.05) is 17.6 Å². The fraction of sp³-hybridized carbons (Fsp3) is 0.182. The van der Waals surface area contributed by atoms with E-state index in [9.17, 15) is 0 Å². The Morgan fingerprint density at radius 2 is 2.18 bits per heavy atom. The highest BCUT2D eigenvalue weighted by Crippen LogP contribution is 2.20. The molecule has 0 unspecified atom stereocenters. The smallest absolute Gasteiger partial charge is 0.172 e. The van der Waals surface area contributed by atoms with Crippen LogP contribution in [-0.4, -0.2) is 24.8 Å². The number of nitrogens with zero attached hydrogens (tertiary/aromatic N) is 5. The molecule has 2 aromatic heterocycles. The predicted octanol–water partition coefficient (Wildman–Crippen LogP) is 1.22. The van der Waals surface area contributed by atoms with E-state index in [2.05, 4.69) is 15.4 Å². The van der Waals surface area contributed by atoms with Gasteiger partial charge in [-0.25, -0.2) is 9.36 Å². The van der Waals surface area contributed by atoms with Crippen LogP contribution in [0.15, 0.2) is 30.6 Å². The molecule has 0 amide bonds. The second-order valence-electron chi connectivity index (χ2n) is 3.78. The normalized spacial score (nSPS) is 11.1. The van der Waals surface area contributed by atoms with E-state index in [1.807, 2.05) is 31.3 Å². The van der Waals surface area contributed by atoms with Crippen LogP contribution in [0.2, 0.25) is 0 Å². The summed E-state index contributed by atoms with van der Waals surface area (Å²) < 4.78 is 3.59. The number of nitrogens with two attached hydrogens (primary N) is 1. The van der Waals surface area contributed by atoms with Crippen LogP contribution in [0.1, 0.15) is 6.92 Å². The molecular formula is C11H12N6. The zero-order valence-corrected chi connectivity index (χ0v) is 9.41. The molecule has 3 aromatic rings. The minimum Gasteiger partial charge on any atom is -0.399 e. The maximum atomic E-state index is 5.80. The average Bonchev–Trinajstić information content (AvgIpc) is 2.93. The van der Waals surface area contributed by atoms with Gasteiger partial charge in [0.2, 0.25) is 0 Å². The molecule has 0 bridgehead atoms. The third kappa shape index (κ3) is 1.45. The summed E-state index contributed by atoms with van der Waals surface area (Å²) >= 11 is 0. The quantitative estimate of drug-likeness (QED) is 0.669. The number of anilines is 1. The van der Waals surface area contributed by atoms with Crippen molar-refractivity contribution in [2.45, 2.75) is 13.5 Å². The van der Waals surface area contributed by atoms with E-state index < -0.39 is 0 Å². The van der Waals surface area contributed by atoms with Crippen LogP contribution in [0.3, 0.4) is 0 Å². The van der Waals surface area contributed by atoms with E-state index in [4.69, 9.17) is 5.73 Å². The summed E-state index contributed by atoms with van der Waals surface area (Å²) in [6, 6.07) is 5.72. The van der Waals surface area contributed by atoms with E-state index in [0.29, 0.717) is 0 Å². The first-order chi connectivity index (χ1) is 8.29. The van der Waals surface area contributed by atoms with Gasteiger partial charge in [0.25, 0.3) is 0 Å². The molecule has 0 fully saturated rings. The number of aromatic nitrogens is 5. The lowest BCUT2D eigenvalue weighted by atomic mass is 10.2. The van der Waals surface area contributed by atoms with Crippen molar-refractivity contribution in [2.75, 3.05) is 5.73 Å². The minimum atomic E-state index is 0.717. The lowest BCUT2D eigenvalue weighted by Crippen LogP contribution is -2.07. The molecule has 86 valence electrons. The van der Waals surface area contributed by atoms with Gasteiger partial charge in [-0.2, -0.15) is 5.10 Å². The van der Waals surface area contributed by atoms with Crippen LogP contribution in [0.5, 0.6) is 0 Å². The summed E-state index contributed by atoms with van der Waals surface area (Å²) in [5, 5.41) is 13.3. The fourth-order valence-corrected chi connectivity index (χ4v) is 1.86. The predicted molar refractivity (Wildman–Crippen MR) is 64.7 cm³/mol. The molecular weight excluding hydrogens is 216 g/mol. The van der Waals surface area contributed by atoms with E-state index in [1.54, 1.807) is 15.6 Å². The van der Waals surface area contributed by atoms with Crippen molar-refractivity contribution in [1.82, 2.24) is 24.8 Å². The SMILES string of the molecule is CCn1nncc1-n1ncc2ccc(N)cc21. The third-order valence-electron chi connectivity index (χ3n) is 2.71. The zero-order chi connectivity index (χ0) is 11.8. The van der Waals surface area contributed by atoms with Gasteiger partial charge in [-0.05, 0) is 25.1 Å². The third-order valence-corrected chi connectivity index (χ3v) is 2.71. The Hall–Kier alpha value is -2.37. The number of benzene rings is 1. The van der Waals surface area contributed by atoms with E-state index in [0.717, 1.165) is 29.0 Å². The first kappa shape index (κ1) is 9.83. The summed E-state index contributed by atoms with van der Waals surface area (Å²) in [5.41, 5.74) is 7.47. The second-order valence-corrected chi connectivity index (χ2v) is 3.78. The van der Waals surface area contributed by atoms with Crippen molar-refractivity contribution >= 4 is 16.6 Å². The van der Waals surface area contributed by atoms with Crippen LogP contribution >= 0.6 is 0 Å². The van der Waals surface area contributed by atoms with E-state index in [-0.39, 0.29) is 0 Å². The van der Waals surface area contributed by atoms with Crippen molar-refractivity contribution in [3.05, 3.63) is 30.6 Å². The first-order valence-electron chi connectivity index (χ1n) is 5.41.